The molecule has 2 aromatic carbocycles. The fourth-order valence-corrected chi connectivity index (χ4v) is 1.87. The zero-order valence-corrected chi connectivity index (χ0v) is 11.8. The summed E-state index contributed by atoms with van der Waals surface area (Å²) >= 11 is 8.72. The molecular formula is C13H8BrClFNO2. The van der Waals surface area contributed by atoms with Crippen LogP contribution in [0.5, 0.6) is 5.75 Å². The molecule has 2 aromatic rings. The van der Waals surface area contributed by atoms with E-state index >= 15 is 0 Å². The molecular weight excluding hydrogens is 337 g/mol. The van der Waals surface area contributed by atoms with Crippen LogP contribution in [0.2, 0.25) is 5.02 Å². The quantitative estimate of drug-likeness (QED) is 0.858. The summed E-state index contributed by atoms with van der Waals surface area (Å²) in [6.45, 7) is 0. The second kappa shape index (κ2) is 5.59. The lowest BCUT2D eigenvalue weighted by Gasteiger charge is -2.08. The number of phenols is 1. The van der Waals surface area contributed by atoms with Crippen LogP contribution in [0.4, 0.5) is 10.1 Å². The second-order valence-electron chi connectivity index (χ2n) is 3.72. The standard InChI is InChI=1S/C13H8BrClFNO2/c14-8-5-4-7(6-11(8)18)13(19)17-10-3-1-2-9(15)12(10)16/h1-6,18H,(H,17,19). The summed E-state index contributed by atoms with van der Waals surface area (Å²) < 4.78 is 14.1. The summed E-state index contributed by atoms with van der Waals surface area (Å²) in [7, 11) is 0. The van der Waals surface area contributed by atoms with Crippen LogP contribution in [-0.2, 0) is 0 Å². The molecule has 98 valence electrons. The number of hydrogen-bond donors (Lipinski definition) is 2. The van der Waals surface area contributed by atoms with Crippen molar-refractivity contribution in [3.05, 3.63) is 57.3 Å². The number of benzene rings is 2. The Morgan fingerprint density at radius 1 is 1.32 bits per heavy atom. The Kier molecular flexibility index (Phi) is 4.07. The van der Waals surface area contributed by atoms with Gasteiger partial charge in [0.05, 0.1) is 15.2 Å². The molecule has 1 amide bonds. The highest BCUT2D eigenvalue weighted by molar-refractivity contribution is 9.10. The number of aromatic hydroxyl groups is 1. The number of carbonyl (C=O) groups excluding carboxylic acids is 1. The van der Waals surface area contributed by atoms with Gasteiger partial charge in [-0.3, -0.25) is 4.79 Å². The molecule has 0 aliphatic rings. The molecule has 19 heavy (non-hydrogen) atoms. The van der Waals surface area contributed by atoms with Crippen molar-refractivity contribution in [2.24, 2.45) is 0 Å². The number of amides is 1. The van der Waals surface area contributed by atoms with Crippen molar-refractivity contribution in [1.82, 2.24) is 0 Å². The molecule has 0 aliphatic heterocycles. The minimum Gasteiger partial charge on any atom is -0.507 e. The second-order valence-corrected chi connectivity index (χ2v) is 4.98. The lowest BCUT2D eigenvalue weighted by molar-refractivity contribution is 0.102. The third kappa shape index (κ3) is 3.05. The molecule has 0 unspecified atom stereocenters. The van der Waals surface area contributed by atoms with Crippen molar-refractivity contribution >= 4 is 39.1 Å². The molecule has 0 heterocycles. The third-order valence-corrected chi connectivity index (χ3v) is 3.37. The first-order valence-corrected chi connectivity index (χ1v) is 6.40. The lowest BCUT2D eigenvalue weighted by Crippen LogP contribution is -2.13. The predicted octanol–water partition coefficient (Wildman–Crippen LogP) is 4.20. The minimum absolute atomic E-state index is 0.0140. The van der Waals surface area contributed by atoms with E-state index in [9.17, 15) is 14.3 Å². The number of halogens is 3. The van der Waals surface area contributed by atoms with Crippen LogP contribution >= 0.6 is 27.5 Å². The molecule has 0 saturated heterocycles. The smallest absolute Gasteiger partial charge is 0.255 e. The average molecular weight is 345 g/mol. The number of hydrogen-bond acceptors (Lipinski definition) is 2. The zero-order chi connectivity index (χ0) is 14.0. The van der Waals surface area contributed by atoms with Gasteiger partial charge in [-0.05, 0) is 46.3 Å². The van der Waals surface area contributed by atoms with Crippen molar-refractivity contribution in [2.75, 3.05) is 5.32 Å². The van der Waals surface area contributed by atoms with Crippen molar-refractivity contribution < 1.29 is 14.3 Å². The van der Waals surface area contributed by atoms with E-state index in [0.717, 1.165) is 0 Å². The van der Waals surface area contributed by atoms with Gasteiger partial charge in [0.1, 0.15) is 5.75 Å². The molecule has 0 aromatic heterocycles. The first kappa shape index (κ1) is 13.8. The summed E-state index contributed by atoms with van der Waals surface area (Å²) in [5, 5.41) is 11.8. The van der Waals surface area contributed by atoms with Gasteiger partial charge < -0.3 is 10.4 Å². The van der Waals surface area contributed by atoms with Crippen molar-refractivity contribution in [3.63, 3.8) is 0 Å². The number of nitrogens with one attached hydrogen (secondary N) is 1. The monoisotopic (exact) mass is 343 g/mol. The molecule has 0 spiro atoms. The fourth-order valence-electron chi connectivity index (χ4n) is 1.45. The van der Waals surface area contributed by atoms with E-state index in [2.05, 4.69) is 21.2 Å². The van der Waals surface area contributed by atoms with Crippen molar-refractivity contribution in [2.45, 2.75) is 0 Å². The fraction of sp³-hybridized carbons (Fsp3) is 0. The number of rotatable bonds is 2. The topological polar surface area (TPSA) is 49.3 Å². The molecule has 2 N–H and O–H groups in total. The molecule has 0 fully saturated rings. The van der Waals surface area contributed by atoms with Gasteiger partial charge in [-0.1, -0.05) is 17.7 Å². The van der Waals surface area contributed by atoms with Gasteiger partial charge in [0.2, 0.25) is 0 Å². The van der Waals surface area contributed by atoms with E-state index < -0.39 is 11.7 Å². The normalized spacial score (nSPS) is 10.3. The van der Waals surface area contributed by atoms with E-state index in [1.807, 2.05) is 0 Å². The van der Waals surface area contributed by atoms with Crippen LogP contribution in [0.25, 0.3) is 0 Å². The summed E-state index contributed by atoms with van der Waals surface area (Å²) in [5.41, 5.74) is 0.194. The summed E-state index contributed by atoms with van der Waals surface area (Å²) in [6.07, 6.45) is 0. The Balaban J connectivity index is 2.26. The van der Waals surface area contributed by atoms with Crippen molar-refractivity contribution in [1.29, 1.82) is 0 Å². The van der Waals surface area contributed by atoms with E-state index in [1.54, 1.807) is 0 Å². The van der Waals surface area contributed by atoms with Gasteiger partial charge in [-0.15, -0.1) is 0 Å². The van der Waals surface area contributed by atoms with E-state index in [-0.39, 0.29) is 22.0 Å². The largest absolute Gasteiger partial charge is 0.507 e. The number of phenolic OH excluding ortho intramolecular Hbond substituents is 1. The molecule has 0 bridgehead atoms. The number of carbonyl (C=O) groups is 1. The molecule has 0 saturated carbocycles. The predicted molar refractivity (Wildman–Crippen MR) is 75.2 cm³/mol. The highest BCUT2D eigenvalue weighted by Gasteiger charge is 2.12. The summed E-state index contributed by atoms with van der Waals surface area (Å²) in [4.78, 5) is 11.9. The number of anilines is 1. The van der Waals surface area contributed by atoms with Gasteiger partial charge in [0, 0.05) is 5.56 Å². The van der Waals surface area contributed by atoms with Crippen LogP contribution < -0.4 is 5.32 Å². The van der Waals surface area contributed by atoms with Crippen LogP contribution in [0.3, 0.4) is 0 Å². The molecule has 0 aliphatic carbocycles. The molecule has 0 atom stereocenters. The SMILES string of the molecule is O=C(Nc1cccc(Cl)c1F)c1ccc(Br)c(O)c1. The van der Waals surface area contributed by atoms with Gasteiger partial charge in [0.25, 0.3) is 5.91 Å². The average Bonchev–Trinajstić information content (AvgIpc) is 2.38. The Morgan fingerprint density at radius 2 is 2.05 bits per heavy atom. The lowest BCUT2D eigenvalue weighted by atomic mass is 10.2. The maximum atomic E-state index is 13.6. The van der Waals surface area contributed by atoms with Gasteiger partial charge in [-0.25, -0.2) is 4.39 Å². The minimum atomic E-state index is -0.696. The maximum Gasteiger partial charge on any atom is 0.255 e. The first-order chi connectivity index (χ1) is 8.99. The van der Waals surface area contributed by atoms with Gasteiger partial charge in [0.15, 0.2) is 5.82 Å². The Labute approximate surface area is 122 Å². The van der Waals surface area contributed by atoms with Crippen LogP contribution in [-0.4, -0.2) is 11.0 Å². The van der Waals surface area contributed by atoms with E-state index in [4.69, 9.17) is 11.6 Å². The van der Waals surface area contributed by atoms with Crippen molar-refractivity contribution in [3.8, 4) is 5.75 Å². The molecule has 2 rings (SSSR count). The molecule has 6 heteroatoms. The van der Waals surface area contributed by atoms with E-state index in [1.165, 1.54) is 36.4 Å². The third-order valence-electron chi connectivity index (χ3n) is 2.41. The highest BCUT2D eigenvalue weighted by atomic mass is 79.9. The van der Waals surface area contributed by atoms with Gasteiger partial charge >= 0.3 is 0 Å². The van der Waals surface area contributed by atoms with Crippen LogP contribution in [0, 0.1) is 5.82 Å². The molecule has 3 nitrogen and oxygen atoms in total. The summed E-state index contributed by atoms with van der Waals surface area (Å²) in [5.74, 6) is -1.30. The highest BCUT2D eigenvalue weighted by Crippen LogP contribution is 2.26. The first-order valence-electron chi connectivity index (χ1n) is 5.23. The molecule has 0 radical (unpaired) electrons. The van der Waals surface area contributed by atoms with Crippen LogP contribution in [0.15, 0.2) is 40.9 Å². The van der Waals surface area contributed by atoms with Gasteiger partial charge in [-0.2, -0.15) is 0 Å². The Morgan fingerprint density at radius 3 is 2.74 bits per heavy atom. The Hall–Kier alpha value is -1.59. The van der Waals surface area contributed by atoms with E-state index in [0.29, 0.717) is 4.47 Å². The zero-order valence-electron chi connectivity index (χ0n) is 9.45. The Bertz CT molecular complexity index is 649. The summed E-state index contributed by atoms with van der Waals surface area (Å²) in [6, 6.07) is 8.62. The maximum absolute atomic E-state index is 13.6. The van der Waals surface area contributed by atoms with Crippen LogP contribution in [0.1, 0.15) is 10.4 Å².